The normalized spacial score (nSPS) is 15.6. The molecule has 2 atom stereocenters. The average Bonchev–Trinajstić information content (AvgIpc) is 3.65. The molecule has 5 aromatic rings. The largest absolute Gasteiger partial charge is 0.497 e. The number of halogens is 3. The Morgan fingerprint density at radius 1 is 1.02 bits per heavy atom. The zero-order valence-electron chi connectivity index (χ0n) is 35.7. The Morgan fingerprint density at radius 3 is 2.44 bits per heavy atom. The molecule has 6 rings (SSSR count). The first kappa shape index (κ1) is 45.8. The topological polar surface area (TPSA) is 196 Å². The number of aliphatic carboxylic acids is 1. The van der Waals surface area contributed by atoms with Crippen molar-refractivity contribution in [1.82, 2.24) is 24.6 Å². The molecular weight excluding hydrogens is 822 g/mol. The maximum Gasteiger partial charge on any atom is 0.416 e. The van der Waals surface area contributed by atoms with Gasteiger partial charge in [0, 0.05) is 59.8 Å². The van der Waals surface area contributed by atoms with E-state index in [-0.39, 0.29) is 30.0 Å². The highest BCUT2D eigenvalue weighted by Crippen LogP contribution is 2.40. The lowest BCUT2D eigenvalue weighted by molar-refractivity contribution is -0.138. The molecule has 3 heterocycles. The SMILES string of the molecule is COc1ccc(CNc2ncc(/C=C/CCN(CC(=O)O)C(=O)OC(C)(C)C)c3c2c(-c2ccc(C(=O)Nc4cc(C(F)(F)F)ccn4)cc2)nn3[C@@H]2CCC[C@@H](N)C2)c(OC)c1. The Balaban J connectivity index is 1.41. The third kappa shape index (κ3) is 11.6. The molecule has 0 aliphatic heterocycles. The monoisotopic (exact) mass is 872 g/mol. The number of hydrogen-bond acceptors (Lipinski definition) is 11. The number of aromatic nitrogens is 4. The summed E-state index contributed by atoms with van der Waals surface area (Å²) < 4.78 is 58.5. The first-order chi connectivity index (χ1) is 29.9. The van der Waals surface area contributed by atoms with Crippen LogP contribution in [0, 0.1) is 0 Å². The van der Waals surface area contributed by atoms with Gasteiger partial charge in [-0.15, -0.1) is 0 Å². The minimum atomic E-state index is -4.61. The van der Waals surface area contributed by atoms with Gasteiger partial charge in [-0.2, -0.15) is 18.3 Å². The Kier molecular flexibility index (Phi) is 14.2. The number of carboxylic acids is 1. The number of nitrogens with one attached hydrogen (secondary N) is 2. The highest BCUT2D eigenvalue weighted by molar-refractivity contribution is 6.06. The van der Waals surface area contributed by atoms with E-state index in [0.717, 1.165) is 53.6 Å². The van der Waals surface area contributed by atoms with Crippen LogP contribution >= 0.6 is 0 Å². The van der Waals surface area contributed by atoms with Crippen molar-refractivity contribution in [2.45, 2.75) is 83.3 Å². The lowest BCUT2D eigenvalue weighted by Gasteiger charge is -2.27. The van der Waals surface area contributed by atoms with Crippen LogP contribution in [0.1, 0.15) is 86.0 Å². The minimum Gasteiger partial charge on any atom is -0.497 e. The number of methoxy groups -OCH3 is 2. The Hall–Kier alpha value is -6.69. The Morgan fingerprint density at radius 2 is 1.78 bits per heavy atom. The van der Waals surface area contributed by atoms with E-state index < -0.39 is 41.9 Å². The third-order valence-corrected chi connectivity index (χ3v) is 10.3. The number of alkyl halides is 3. The quantitative estimate of drug-likeness (QED) is 0.0784. The maximum absolute atomic E-state index is 13.3. The predicted octanol–water partition coefficient (Wildman–Crippen LogP) is 8.56. The Bertz CT molecular complexity index is 2470. The van der Waals surface area contributed by atoms with Crippen LogP contribution in [0.2, 0.25) is 0 Å². The molecule has 0 radical (unpaired) electrons. The molecular formula is C45H51F3N8O7. The van der Waals surface area contributed by atoms with Crippen LogP contribution in [0.3, 0.4) is 0 Å². The van der Waals surface area contributed by atoms with Gasteiger partial charge in [-0.1, -0.05) is 24.3 Å². The second kappa shape index (κ2) is 19.6. The lowest BCUT2D eigenvalue weighted by atomic mass is 9.91. The van der Waals surface area contributed by atoms with Crippen molar-refractivity contribution in [2.24, 2.45) is 5.73 Å². The fraction of sp³-hybridized carbons (Fsp3) is 0.378. The number of benzene rings is 2. The summed E-state index contributed by atoms with van der Waals surface area (Å²) in [5, 5.41) is 21.3. The highest BCUT2D eigenvalue weighted by Gasteiger charge is 2.31. The van der Waals surface area contributed by atoms with Gasteiger partial charge in [0.2, 0.25) is 0 Å². The van der Waals surface area contributed by atoms with Crippen LogP contribution in [0.5, 0.6) is 11.5 Å². The molecule has 2 aromatic carbocycles. The number of carbonyl (C=O) groups is 3. The second-order valence-electron chi connectivity index (χ2n) is 16.1. The fourth-order valence-electron chi connectivity index (χ4n) is 7.33. The smallest absolute Gasteiger partial charge is 0.416 e. The minimum absolute atomic E-state index is 0.0513. The molecule has 18 heteroatoms. The van der Waals surface area contributed by atoms with Gasteiger partial charge in [0.25, 0.3) is 5.91 Å². The van der Waals surface area contributed by atoms with Crippen LogP contribution in [0.25, 0.3) is 28.2 Å². The summed E-state index contributed by atoms with van der Waals surface area (Å²) in [5.41, 5.74) is 8.37. The maximum atomic E-state index is 13.3. The van der Waals surface area contributed by atoms with Crippen molar-refractivity contribution in [1.29, 1.82) is 0 Å². The molecule has 334 valence electrons. The van der Waals surface area contributed by atoms with E-state index in [0.29, 0.717) is 58.9 Å². The van der Waals surface area contributed by atoms with Gasteiger partial charge in [-0.25, -0.2) is 14.8 Å². The number of hydrogen-bond donors (Lipinski definition) is 4. The van der Waals surface area contributed by atoms with E-state index in [1.54, 1.807) is 71.5 Å². The van der Waals surface area contributed by atoms with E-state index in [2.05, 4.69) is 15.6 Å². The molecule has 63 heavy (non-hydrogen) atoms. The molecule has 5 N–H and O–H groups in total. The van der Waals surface area contributed by atoms with Gasteiger partial charge in [0.1, 0.15) is 41.0 Å². The number of ether oxygens (including phenoxy) is 3. The standard InChI is InChI=1S/C45H51F3N8O7/c1-44(2,3)63-43(60)55(26-37(57)58)20-7-6-9-30-25-52-41(51-24-29-16-17-34(61-4)23-35(29)62-5)38-39(54-56(40(30)38)33-11-8-10-32(49)22-33)27-12-14-28(15-13-27)42(59)53-36-21-31(18-19-50-36)45(46,47)48/h6,9,12-19,21,23,25,32-33H,7-8,10-11,20,22,24,26,49H2,1-5H3,(H,51,52)(H,57,58)(H,50,53,59)/b9-6+/t32-,33-/m1/s1. The van der Waals surface area contributed by atoms with Gasteiger partial charge in [0.15, 0.2) is 0 Å². The van der Waals surface area contributed by atoms with Crippen LogP contribution in [0.15, 0.2) is 73.1 Å². The molecule has 1 aliphatic rings. The number of carbonyl (C=O) groups excluding carboxylic acids is 2. The Labute approximate surface area is 362 Å². The number of nitrogens with two attached hydrogens (primary N) is 1. The number of pyridine rings is 2. The fourth-order valence-corrected chi connectivity index (χ4v) is 7.33. The van der Waals surface area contributed by atoms with E-state index in [9.17, 15) is 32.7 Å². The molecule has 15 nitrogen and oxygen atoms in total. The van der Waals surface area contributed by atoms with E-state index in [1.165, 1.54) is 0 Å². The van der Waals surface area contributed by atoms with E-state index in [4.69, 9.17) is 30.0 Å². The molecule has 1 fully saturated rings. The van der Waals surface area contributed by atoms with Crippen molar-refractivity contribution < 1.29 is 46.9 Å². The molecule has 0 unspecified atom stereocenters. The van der Waals surface area contributed by atoms with Crippen molar-refractivity contribution in [3.63, 3.8) is 0 Å². The van der Waals surface area contributed by atoms with Gasteiger partial charge >= 0.3 is 18.2 Å². The first-order valence-corrected chi connectivity index (χ1v) is 20.4. The molecule has 1 saturated carbocycles. The summed E-state index contributed by atoms with van der Waals surface area (Å²) >= 11 is 0. The van der Waals surface area contributed by atoms with Crippen LogP contribution in [-0.4, -0.2) is 86.7 Å². The molecule has 0 bridgehead atoms. The zero-order chi connectivity index (χ0) is 45.5. The lowest BCUT2D eigenvalue weighted by Crippen LogP contribution is -2.40. The number of carboxylic acid groups (broad SMARTS) is 1. The summed E-state index contributed by atoms with van der Waals surface area (Å²) in [7, 11) is 3.14. The van der Waals surface area contributed by atoms with Gasteiger partial charge in [-0.05, 0) is 89.3 Å². The van der Waals surface area contributed by atoms with Crippen molar-refractivity contribution in [2.75, 3.05) is 37.9 Å². The van der Waals surface area contributed by atoms with Crippen LogP contribution < -0.4 is 25.8 Å². The molecule has 0 saturated heterocycles. The molecule has 0 spiro atoms. The number of anilines is 2. The van der Waals surface area contributed by atoms with Crippen LogP contribution in [0.4, 0.5) is 29.6 Å². The van der Waals surface area contributed by atoms with Gasteiger partial charge in [0.05, 0.1) is 36.7 Å². The number of amides is 2. The van der Waals surface area contributed by atoms with Crippen molar-refractivity contribution in [3.05, 3.63) is 95.3 Å². The average molecular weight is 873 g/mol. The molecule has 3 aromatic heterocycles. The highest BCUT2D eigenvalue weighted by atomic mass is 19.4. The summed E-state index contributed by atoms with van der Waals surface area (Å²) in [5.74, 6) is -0.349. The van der Waals surface area contributed by atoms with E-state index in [1.807, 2.05) is 29.0 Å². The number of rotatable bonds is 15. The zero-order valence-corrected chi connectivity index (χ0v) is 35.7. The third-order valence-electron chi connectivity index (χ3n) is 10.3. The van der Waals surface area contributed by atoms with Crippen molar-refractivity contribution in [3.8, 4) is 22.8 Å². The number of nitrogens with zero attached hydrogens (tertiary/aromatic N) is 5. The summed E-state index contributed by atoms with van der Waals surface area (Å²) in [6.07, 6.45) is 4.57. The number of fused-ring (bicyclic) bond motifs is 1. The predicted molar refractivity (Wildman–Crippen MR) is 232 cm³/mol. The molecule has 2 amide bonds. The summed E-state index contributed by atoms with van der Waals surface area (Å²) in [6, 6.07) is 13.5. The van der Waals surface area contributed by atoms with Gasteiger partial charge < -0.3 is 35.7 Å². The first-order valence-electron chi connectivity index (χ1n) is 20.4. The van der Waals surface area contributed by atoms with Gasteiger partial charge in [-0.3, -0.25) is 19.2 Å². The van der Waals surface area contributed by atoms with E-state index >= 15 is 0 Å². The second-order valence-corrected chi connectivity index (χ2v) is 16.1. The summed E-state index contributed by atoms with van der Waals surface area (Å²) in [6.45, 7) is 4.96. The molecule has 1 aliphatic carbocycles. The summed E-state index contributed by atoms with van der Waals surface area (Å²) in [4.78, 5) is 47.7. The van der Waals surface area contributed by atoms with Crippen LogP contribution in [-0.2, 0) is 22.3 Å². The van der Waals surface area contributed by atoms with Crippen molar-refractivity contribution >= 4 is 46.6 Å².